The number of esters is 1. The van der Waals surface area contributed by atoms with Crippen molar-refractivity contribution in [3.05, 3.63) is 65.7 Å². The number of hydrogen-bond donors (Lipinski definition) is 6. The summed E-state index contributed by atoms with van der Waals surface area (Å²) in [6.45, 7) is -1.69. The van der Waals surface area contributed by atoms with Crippen LogP contribution in [0, 0.1) is 0 Å². The highest BCUT2D eigenvalue weighted by atomic mass is 16.8. The molecule has 2 aromatic carbocycles. The van der Waals surface area contributed by atoms with Gasteiger partial charge in [-0.3, -0.25) is 0 Å². The van der Waals surface area contributed by atoms with Gasteiger partial charge in [-0.05, 0) is 36.2 Å². The molecular weight excluding hydrogens is 504 g/mol. The molecule has 2 aliphatic rings. The lowest BCUT2D eigenvalue weighted by molar-refractivity contribution is -0.318. The summed E-state index contributed by atoms with van der Waals surface area (Å²) in [5.41, 5.74) is -0.895. The van der Waals surface area contributed by atoms with E-state index in [4.69, 9.17) is 28.8 Å². The first kappa shape index (κ1) is 28.4. The molecule has 12 heteroatoms. The van der Waals surface area contributed by atoms with E-state index < -0.39 is 74.5 Å². The average molecular weight is 537 g/mol. The molecule has 6 N–H and O–H groups in total. The molecule has 2 heterocycles. The number of carbonyl (C=O) groups is 1. The van der Waals surface area contributed by atoms with Gasteiger partial charge in [0.05, 0.1) is 18.8 Å². The molecule has 0 aromatic heterocycles. The van der Waals surface area contributed by atoms with Crippen LogP contribution in [0.4, 0.5) is 0 Å². The number of hydrogen-bond acceptors (Lipinski definition) is 12. The topological polar surface area (TPSA) is 185 Å². The number of ether oxygens (including phenoxy) is 5. The van der Waals surface area contributed by atoms with Crippen LogP contribution in [-0.2, 0) is 25.4 Å². The third-order valence-electron chi connectivity index (χ3n) is 6.46. The number of aliphatic hydroxyl groups excluding tert-OH is 5. The summed E-state index contributed by atoms with van der Waals surface area (Å²) in [5, 5.41) is 61.4. The van der Waals surface area contributed by atoms with Crippen LogP contribution in [0.2, 0.25) is 0 Å². The Hall–Kier alpha value is -2.65. The van der Waals surface area contributed by atoms with E-state index in [2.05, 4.69) is 0 Å². The number of benzene rings is 2. The average Bonchev–Trinajstić information content (AvgIpc) is 3.21. The van der Waals surface area contributed by atoms with Gasteiger partial charge in [0.2, 0.25) is 6.29 Å². The van der Waals surface area contributed by atoms with E-state index in [0.717, 1.165) is 5.56 Å². The van der Waals surface area contributed by atoms with Gasteiger partial charge in [-0.2, -0.15) is 0 Å². The first-order valence-electron chi connectivity index (χ1n) is 12.1. The Morgan fingerprint density at radius 1 is 0.974 bits per heavy atom. The summed E-state index contributed by atoms with van der Waals surface area (Å²) in [5.74, 6) is -0.397. The molecule has 0 radical (unpaired) electrons. The SMILES string of the molecule is O=C(OC[C@]1(O)CO[C@@H](O[C@H]2[C@H](Oc3ccc(CCO)cc3)O[C@H](CO)[C@@H](O)[C@@H]2O)[C@@H]1O)c1ccccc1. The van der Waals surface area contributed by atoms with Gasteiger partial charge in [-0.25, -0.2) is 4.79 Å². The fourth-order valence-electron chi connectivity index (χ4n) is 4.19. The van der Waals surface area contributed by atoms with Crippen LogP contribution >= 0.6 is 0 Å². The van der Waals surface area contributed by atoms with E-state index >= 15 is 0 Å². The molecule has 38 heavy (non-hydrogen) atoms. The highest BCUT2D eigenvalue weighted by Crippen LogP contribution is 2.32. The molecule has 0 bridgehead atoms. The number of carbonyl (C=O) groups excluding carboxylic acids is 1. The maximum atomic E-state index is 12.2. The molecule has 2 aromatic rings. The zero-order valence-electron chi connectivity index (χ0n) is 20.4. The molecular formula is C26H32O12. The molecule has 12 nitrogen and oxygen atoms in total. The molecule has 0 aliphatic carbocycles. The Morgan fingerprint density at radius 3 is 2.34 bits per heavy atom. The van der Waals surface area contributed by atoms with Crippen molar-refractivity contribution in [1.29, 1.82) is 0 Å². The Kier molecular flexibility index (Phi) is 9.31. The molecule has 0 amide bonds. The predicted molar refractivity (Wildman–Crippen MR) is 128 cm³/mol. The fourth-order valence-corrected chi connectivity index (χ4v) is 4.19. The Morgan fingerprint density at radius 2 is 1.68 bits per heavy atom. The van der Waals surface area contributed by atoms with Gasteiger partial charge in [0.1, 0.15) is 36.8 Å². The summed E-state index contributed by atoms with van der Waals surface area (Å²) in [6, 6.07) is 14.8. The summed E-state index contributed by atoms with van der Waals surface area (Å²) in [7, 11) is 0. The zero-order chi connectivity index (χ0) is 27.3. The molecule has 2 saturated heterocycles. The summed E-state index contributed by atoms with van der Waals surface area (Å²) in [6.07, 6.45) is -9.90. The van der Waals surface area contributed by atoms with Gasteiger partial charge in [-0.15, -0.1) is 0 Å². The van der Waals surface area contributed by atoms with Gasteiger partial charge in [0, 0.05) is 6.61 Å². The quantitative estimate of drug-likeness (QED) is 0.198. The van der Waals surface area contributed by atoms with Crippen molar-refractivity contribution < 1.29 is 59.1 Å². The van der Waals surface area contributed by atoms with E-state index in [0.29, 0.717) is 12.2 Å². The maximum absolute atomic E-state index is 12.2. The third kappa shape index (κ3) is 6.31. The van der Waals surface area contributed by atoms with Crippen molar-refractivity contribution in [2.45, 2.75) is 55.1 Å². The molecule has 0 spiro atoms. The zero-order valence-corrected chi connectivity index (χ0v) is 20.4. The minimum Gasteiger partial charge on any atom is -0.462 e. The maximum Gasteiger partial charge on any atom is 0.338 e. The second-order valence-electron chi connectivity index (χ2n) is 9.21. The largest absolute Gasteiger partial charge is 0.462 e. The van der Waals surface area contributed by atoms with Gasteiger partial charge in [0.25, 0.3) is 0 Å². The second kappa shape index (κ2) is 12.5. The molecule has 0 saturated carbocycles. The number of aliphatic hydroxyl groups is 6. The monoisotopic (exact) mass is 536 g/mol. The molecule has 2 aliphatic heterocycles. The van der Waals surface area contributed by atoms with E-state index in [-0.39, 0.29) is 12.2 Å². The van der Waals surface area contributed by atoms with Crippen LogP contribution in [0.3, 0.4) is 0 Å². The highest BCUT2D eigenvalue weighted by Gasteiger charge is 2.54. The van der Waals surface area contributed by atoms with Gasteiger partial charge in [0.15, 0.2) is 18.0 Å². The Labute approximate surface area is 218 Å². The van der Waals surface area contributed by atoms with Crippen molar-refractivity contribution in [3.63, 3.8) is 0 Å². The van der Waals surface area contributed by atoms with E-state index in [1.165, 1.54) is 12.1 Å². The second-order valence-corrected chi connectivity index (χ2v) is 9.21. The van der Waals surface area contributed by atoms with Crippen molar-refractivity contribution in [3.8, 4) is 5.75 Å². The fraction of sp³-hybridized carbons (Fsp3) is 0.500. The Bertz CT molecular complexity index is 1030. The van der Waals surface area contributed by atoms with Crippen LogP contribution < -0.4 is 4.74 Å². The van der Waals surface area contributed by atoms with Crippen molar-refractivity contribution in [1.82, 2.24) is 0 Å². The lowest BCUT2D eigenvalue weighted by atomic mass is 9.98. The molecule has 8 atom stereocenters. The van der Waals surface area contributed by atoms with Crippen LogP contribution in [0.1, 0.15) is 15.9 Å². The Balaban J connectivity index is 1.43. The van der Waals surface area contributed by atoms with Crippen LogP contribution in [0.15, 0.2) is 54.6 Å². The van der Waals surface area contributed by atoms with Gasteiger partial charge < -0.3 is 54.3 Å². The summed E-state index contributed by atoms with van der Waals surface area (Å²) >= 11 is 0. The van der Waals surface area contributed by atoms with E-state index in [9.17, 15) is 30.3 Å². The van der Waals surface area contributed by atoms with Crippen LogP contribution in [0.25, 0.3) is 0 Å². The summed E-state index contributed by atoms with van der Waals surface area (Å²) < 4.78 is 27.7. The normalized spacial score (nSPS) is 33.2. The third-order valence-corrected chi connectivity index (χ3v) is 6.46. The van der Waals surface area contributed by atoms with Crippen LogP contribution in [-0.4, -0.2) is 112 Å². The van der Waals surface area contributed by atoms with Crippen LogP contribution in [0.5, 0.6) is 5.75 Å². The van der Waals surface area contributed by atoms with Crippen molar-refractivity contribution in [2.24, 2.45) is 0 Å². The number of rotatable bonds is 10. The van der Waals surface area contributed by atoms with Crippen molar-refractivity contribution >= 4 is 5.97 Å². The standard InChI is InChI=1S/C26H32O12/c27-11-10-15-6-8-17(9-7-15)36-24-21(20(30)19(29)18(12-28)37-24)38-25-22(31)26(33,14-35-25)13-34-23(32)16-4-2-1-3-5-16/h1-9,18-22,24-25,27-31,33H,10-14H2/t18-,19-,20+,21-,22+,24-,25+,26+/m1/s1. The molecule has 208 valence electrons. The molecule has 0 unspecified atom stereocenters. The highest BCUT2D eigenvalue weighted by molar-refractivity contribution is 5.89. The first-order chi connectivity index (χ1) is 18.3. The van der Waals surface area contributed by atoms with Gasteiger partial charge in [-0.1, -0.05) is 30.3 Å². The molecule has 2 fully saturated rings. The lowest BCUT2D eigenvalue weighted by Gasteiger charge is -2.42. The predicted octanol–water partition coefficient (Wildman–Crippen LogP) is -1.27. The van der Waals surface area contributed by atoms with Crippen molar-refractivity contribution in [2.75, 3.05) is 26.4 Å². The minimum atomic E-state index is -2.01. The first-order valence-corrected chi connectivity index (χ1v) is 12.1. The van der Waals surface area contributed by atoms with Gasteiger partial charge >= 0.3 is 5.97 Å². The van der Waals surface area contributed by atoms with E-state index in [1.54, 1.807) is 42.5 Å². The smallest absolute Gasteiger partial charge is 0.338 e. The minimum absolute atomic E-state index is 0.0222. The summed E-state index contributed by atoms with van der Waals surface area (Å²) in [4.78, 5) is 12.2. The van der Waals surface area contributed by atoms with E-state index in [1.807, 2.05) is 0 Å². The molecule has 4 rings (SSSR count). The lowest BCUT2D eigenvalue weighted by Crippen LogP contribution is -2.62.